The van der Waals surface area contributed by atoms with Crippen LogP contribution >= 0.6 is 11.6 Å². The molecule has 0 fully saturated rings. The number of rotatable bonds is 11. The summed E-state index contributed by atoms with van der Waals surface area (Å²) in [5, 5.41) is 15.1. The second-order valence-corrected chi connectivity index (χ2v) is 9.17. The Balaban J connectivity index is 2.01. The van der Waals surface area contributed by atoms with E-state index in [0.717, 1.165) is 17.5 Å². The van der Waals surface area contributed by atoms with Gasteiger partial charge in [0.05, 0.1) is 11.3 Å². The smallest absolute Gasteiger partial charge is 0.273 e. The van der Waals surface area contributed by atoms with Gasteiger partial charge in [-0.15, -0.1) is 0 Å². The molecule has 188 valence electrons. The van der Waals surface area contributed by atoms with Gasteiger partial charge in [0.1, 0.15) is 6.04 Å². The molecular formula is C28H30ClN3O4. The zero-order chi connectivity index (χ0) is 26.1. The predicted octanol–water partition coefficient (Wildman–Crippen LogP) is 5.35. The van der Waals surface area contributed by atoms with Crippen LogP contribution in [0.3, 0.4) is 0 Å². The van der Waals surface area contributed by atoms with E-state index in [-0.39, 0.29) is 36.5 Å². The molecule has 36 heavy (non-hydrogen) atoms. The van der Waals surface area contributed by atoms with Crippen molar-refractivity contribution < 1.29 is 14.5 Å². The summed E-state index contributed by atoms with van der Waals surface area (Å²) in [4.78, 5) is 39.8. The molecule has 0 aromatic heterocycles. The number of nitro groups is 1. The maximum absolute atomic E-state index is 13.7. The van der Waals surface area contributed by atoms with Gasteiger partial charge in [-0.1, -0.05) is 79.2 Å². The van der Waals surface area contributed by atoms with Crippen molar-refractivity contribution >= 4 is 29.1 Å². The van der Waals surface area contributed by atoms with Crippen LogP contribution in [0.5, 0.6) is 0 Å². The number of halogens is 1. The fourth-order valence-electron chi connectivity index (χ4n) is 3.88. The topological polar surface area (TPSA) is 92.6 Å². The first-order valence-electron chi connectivity index (χ1n) is 11.9. The SMILES string of the molecule is CC[C@@H](C)NC(=O)[C@@H](Cc1ccccc1)N(Cc1ccc(Cl)cc1)C(=O)Cc1ccccc1[N+](=O)[O-]. The summed E-state index contributed by atoms with van der Waals surface area (Å²) in [5.74, 6) is -0.641. The lowest BCUT2D eigenvalue weighted by Crippen LogP contribution is -2.52. The quantitative estimate of drug-likeness (QED) is 0.280. The summed E-state index contributed by atoms with van der Waals surface area (Å²) in [7, 11) is 0. The van der Waals surface area contributed by atoms with Gasteiger partial charge in [0.25, 0.3) is 5.69 Å². The van der Waals surface area contributed by atoms with Crippen LogP contribution in [-0.2, 0) is 29.0 Å². The van der Waals surface area contributed by atoms with Crippen molar-refractivity contribution in [3.63, 3.8) is 0 Å². The van der Waals surface area contributed by atoms with Crippen molar-refractivity contribution in [1.29, 1.82) is 0 Å². The fraction of sp³-hybridized carbons (Fsp3) is 0.286. The Morgan fingerprint density at radius 1 is 0.972 bits per heavy atom. The van der Waals surface area contributed by atoms with E-state index in [1.54, 1.807) is 42.5 Å². The van der Waals surface area contributed by atoms with Crippen molar-refractivity contribution in [3.8, 4) is 0 Å². The van der Waals surface area contributed by atoms with Crippen molar-refractivity contribution in [1.82, 2.24) is 10.2 Å². The fourth-order valence-corrected chi connectivity index (χ4v) is 4.01. The Morgan fingerprint density at radius 3 is 2.25 bits per heavy atom. The minimum atomic E-state index is -0.813. The molecule has 0 spiro atoms. The Labute approximate surface area is 216 Å². The summed E-state index contributed by atoms with van der Waals surface area (Å²) in [6, 6.07) is 21.9. The van der Waals surface area contributed by atoms with Crippen LogP contribution in [0.2, 0.25) is 5.02 Å². The molecule has 0 saturated heterocycles. The Morgan fingerprint density at radius 2 is 1.61 bits per heavy atom. The van der Waals surface area contributed by atoms with Crippen LogP contribution in [-0.4, -0.2) is 33.7 Å². The molecule has 0 heterocycles. The summed E-state index contributed by atoms with van der Waals surface area (Å²) >= 11 is 6.05. The van der Waals surface area contributed by atoms with Crippen molar-refractivity contribution in [3.05, 3.63) is 111 Å². The van der Waals surface area contributed by atoms with Crippen LogP contribution in [0.4, 0.5) is 5.69 Å². The molecule has 0 aliphatic carbocycles. The highest BCUT2D eigenvalue weighted by atomic mass is 35.5. The van der Waals surface area contributed by atoms with E-state index in [0.29, 0.717) is 17.0 Å². The summed E-state index contributed by atoms with van der Waals surface area (Å²) < 4.78 is 0. The second kappa shape index (κ2) is 12.8. The third-order valence-electron chi connectivity index (χ3n) is 6.07. The number of nitro benzene ring substituents is 1. The van der Waals surface area contributed by atoms with E-state index < -0.39 is 11.0 Å². The van der Waals surface area contributed by atoms with E-state index in [1.807, 2.05) is 44.2 Å². The maximum Gasteiger partial charge on any atom is 0.273 e. The van der Waals surface area contributed by atoms with Gasteiger partial charge in [-0.25, -0.2) is 0 Å². The molecule has 3 rings (SSSR count). The van der Waals surface area contributed by atoms with Crippen molar-refractivity contribution in [2.45, 2.75) is 51.7 Å². The molecule has 0 radical (unpaired) electrons. The first kappa shape index (κ1) is 26.9. The van der Waals surface area contributed by atoms with Gasteiger partial charge in [0.15, 0.2) is 0 Å². The van der Waals surface area contributed by atoms with Crippen molar-refractivity contribution in [2.75, 3.05) is 0 Å². The van der Waals surface area contributed by atoms with Crippen LogP contribution in [0.25, 0.3) is 0 Å². The zero-order valence-corrected chi connectivity index (χ0v) is 21.1. The largest absolute Gasteiger partial charge is 0.352 e. The van der Waals surface area contributed by atoms with Gasteiger partial charge in [-0.2, -0.15) is 0 Å². The number of para-hydroxylation sites is 1. The number of amides is 2. The standard InChI is InChI=1S/C28H30ClN3O4/c1-3-20(2)30-28(34)26(17-21-9-5-4-6-10-21)31(19-22-13-15-24(29)16-14-22)27(33)18-23-11-7-8-12-25(23)32(35)36/h4-16,20,26H,3,17-19H2,1-2H3,(H,30,34)/t20-,26-/m1/s1. The number of nitrogens with one attached hydrogen (secondary N) is 1. The molecule has 0 unspecified atom stereocenters. The zero-order valence-electron chi connectivity index (χ0n) is 20.4. The monoisotopic (exact) mass is 507 g/mol. The van der Waals surface area contributed by atoms with Crippen LogP contribution in [0.1, 0.15) is 37.0 Å². The first-order valence-corrected chi connectivity index (χ1v) is 12.3. The lowest BCUT2D eigenvalue weighted by atomic mass is 10.0. The molecule has 7 nitrogen and oxygen atoms in total. The van der Waals surface area contributed by atoms with Crippen molar-refractivity contribution in [2.24, 2.45) is 0 Å². The summed E-state index contributed by atoms with van der Waals surface area (Å²) in [6.07, 6.45) is 0.844. The lowest BCUT2D eigenvalue weighted by Gasteiger charge is -2.32. The minimum absolute atomic E-state index is 0.0709. The predicted molar refractivity (Wildman–Crippen MR) is 141 cm³/mol. The van der Waals surface area contributed by atoms with Gasteiger partial charge >= 0.3 is 0 Å². The Bertz CT molecular complexity index is 1180. The number of hydrogen-bond donors (Lipinski definition) is 1. The number of hydrogen-bond acceptors (Lipinski definition) is 4. The van der Waals surface area contributed by atoms with Gasteiger partial charge in [-0.05, 0) is 36.6 Å². The van der Waals surface area contributed by atoms with E-state index in [9.17, 15) is 19.7 Å². The summed E-state index contributed by atoms with van der Waals surface area (Å²) in [5.41, 5.74) is 1.88. The Kier molecular flexibility index (Phi) is 9.59. The third kappa shape index (κ3) is 7.39. The normalized spacial score (nSPS) is 12.4. The number of carbonyl (C=O) groups is 2. The molecule has 0 aliphatic heterocycles. The molecule has 3 aromatic rings. The second-order valence-electron chi connectivity index (χ2n) is 8.73. The average Bonchev–Trinajstić information content (AvgIpc) is 2.87. The summed E-state index contributed by atoms with van der Waals surface area (Å²) in [6.45, 7) is 4.04. The van der Waals surface area contributed by atoms with Gasteiger partial charge in [0, 0.05) is 35.7 Å². The number of carbonyl (C=O) groups excluding carboxylic acids is 2. The first-order chi connectivity index (χ1) is 17.3. The average molecular weight is 508 g/mol. The Hall–Kier alpha value is -3.71. The number of nitrogens with zero attached hydrogens (tertiary/aromatic N) is 2. The highest BCUT2D eigenvalue weighted by molar-refractivity contribution is 6.30. The molecule has 3 aromatic carbocycles. The van der Waals surface area contributed by atoms with E-state index >= 15 is 0 Å². The van der Waals surface area contributed by atoms with Gasteiger partial charge in [-0.3, -0.25) is 19.7 Å². The van der Waals surface area contributed by atoms with Crippen LogP contribution in [0, 0.1) is 10.1 Å². The molecule has 0 aliphatic rings. The highest BCUT2D eigenvalue weighted by Gasteiger charge is 2.32. The van der Waals surface area contributed by atoms with Crippen LogP contribution in [0.15, 0.2) is 78.9 Å². The van der Waals surface area contributed by atoms with E-state index in [1.165, 1.54) is 11.0 Å². The molecule has 0 bridgehead atoms. The van der Waals surface area contributed by atoms with E-state index in [4.69, 9.17) is 11.6 Å². The van der Waals surface area contributed by atoms with Gasteiger partial charge in [0.2, 0.25) is 11.8 Å². The molecule has 0 saturated carbocycles. The molecule has 2 atom stereocenters. The maximum atomic E-state index is 13.7. The lowest BCUT2D eigenvalue weighted by molar-refractivity contribution is -0.385. The molecular weight excluding hydrogens is 478 g/mol. The highest BCUT2D eigenvalue weighted by Crippen LogP contribution is 2.22. The molecule has 1 N–H and O–H groups in total. The molecule has 2 amide bonds. The molecule has 8 heteroatoms. The van der Waals surface area contributed by atoms with E-state index in [2.05, 4.69) is 5.32 Å². The van der Waals surface area contributed by atoms with Gasteiger partial charge < -0.3 is 10.2 Å². The number of benzene rings is 3. The van der Waals surface area contributed by atoms with Crippen LogP contribution < -0.4 is 5.32 Å². The third-order valence-corrected chi connectivity index (χ3v) is 6.32. The minimum Gasteiger partial charge on any atom is -0.352 e.